The second-order valence-corrected chi connectivity index (χ2v) is 5.07. The average Bonchev–Trinajstić information content (AvgIpc) is 2.76. The maximum Gasteiger partial charge on any atom is 0.00860 e. The molecule has 0 aliphatic rings. The smallest absolute Gasteiger partial charge is 0.00860 e. The zero-order valence-electron chi connectivity index (χ0n) is 9.70. The molecule has 1 aromatic rings. The van der Waals surface area contributed by atoms with Crippen molar-refractivity contribution < 1.29 is 0 Å². The Balaban J connectivity index is 2.22. The van der Waals surface area contributed by atoms with E-state index in [2.05, 4.69) is 43.3 Å². The Kier molecular flexibility index (Phi) is 5.66. The molecule has 0 bridgehead atoms. The van der Waals surface area contributed by atoms with Crippen molar-refractivity contribution in [3.05, 3.63) is 35.0 Å². The van der Waals surface area contributed by atoms with Crippen molar-refractivity contribution in [1.29, 1.82) is 0 Å². The van der Waals surface area contributed by atoms with Gasteiger partial charge in [0, 0.05) is 23.4 Å². The van der Waals surface area contributed by atoms with Gasteiger partial charge < -0.3 is 5.32 Å². The molecule has 0 saturated heterocycles. The minimum Gasteiger partial charge on any atom is -0.314 e. The molecule has 0 fully saturated rings. The summed E-state index contributed by atoms with van der Waals surface area (Å²) < 4.78 is 0. The van der Waals surface area contributed by atoms with Crippen LogP contribution in [0.2, 0.25) is 0 Å². The Morgan fingerprint density at radius 2 is 2.33 bits per heavy atom. The van der Waals surface area contributed by atoms with Crippen LogP contribution >= 0.6 is 11.3 Å². The van der Waals surface area contributed by atoms with E-state index in [1.165, 1.54) is 11.3 Å². The minimum absolute atomic E-state index is 0.588. The van der Waals surface area contributed by atoms with E-state index < -0.39 is 0 Å². The van der Waals surface area contributed by atoms with E-state index in [-0.39, 0.29) is 0 Å². The highest BCUT2D eigenvalue weighted by Crippen LogP contribution is 2.19. The van der Waals surface area contributed by atoms with Gasteiger partial charge in [0.2, 0.25) is 0 Å². The Labute approximate surface area is 97.2 Å². The molecule has 0 spiro atoms. The average molecular weight is 223 g/mol. The van der Waals surface area contributed by atoms with E-state index >= 15 is 0 Å². The molecule has 2 unspecified atom stereocenters. The predicted molar refractivity (Wildman–Crippen MR) is 69.6 cm³/mol. The van der Waals surface area contributed by atoms with Crippen LogP contribution in [-0.4, -0.2) is 12.6 Å². The van der Waals surface area contributed by atoms with Gasteiger partial charge in [0.25, 0.3) is 0 Å². The number of allylic oxidation sites excluding steroid dienone is 1. The molecule has 0 radical (unpaired) electrons. The molecule has 2 atom stereocenters. The van der Waals surface area contributed by atoms with Gasteiger partial charge in [0.05, 0.1) is 0 Å². The Morgan fingerprint density at radius 3 is 2.93 bits per heavy atom. The fourth-order valence-electron chi connectivity index (χ4n) is 1.52. The van der Waals surface area contributed by atoms with Crippen molar-refractivity contribution in [3.8, 4) is 0 Å². The molecule has 1 heterocycles. The van der Waals surface area contributed by atoms with Gasteiger partial charge in [-0.25, -0.2) is 0 Å². The molecule has 84 valence electrons. The molecule has 1 rings (SSSR count). The lowest BCUT2D eigenvalue weighted by molar-refractivity contribution is 0.498. The van der Waals surface area contributed by atoms with Crippen molar-refractivity contribution >= 4 is 11.3 Å². The Hall–Kier alpha value is -0.600. The SMILES string of the molecule is C=CCCC(C)NCC(C)c1cccs1. The molecule has 15 heavy (non-hydrogen) atoms. The number of nitrogens with one attached hydrogen (secondary N) is 1. The van der Waals surface area contributed by atoms with Crippen LogP contribution in [0, 0.1) is 0 Å². The number of thiophene rings is 1. The number of hydrogen-bond donors (Lipinski definition) is 1. The highest BCUT2D eigenvalue weighted by Gasteiger charge is 2.07. The Bertz CT molecular complexity index is 266. The lowest BCUT2D eigenvalue weighted by atomic mass is 10.1. The molecule has 1 aromatic heterocycles. The fraction of sp³-hybridized carbons (Fsp3) is 0.538. The van der Waals surface area contributed by atoms with Crippen LogP contribution in [0.25, 0.3) is 0 Å². The third kappa shape index (κ3) is 4.63. The van der Waals surface area contributed by atoms with E-state index in [0.717, 1.165) is 13.0 Å². The molecule has 0 aliphatic carbocycles. The number of rotatable bonds is 7. The molecule has 0 aliphatic heterocycles. The minimum atomic E-state index is 0.588. The third-order valence-corrected chi connectivity index (χ3v) is 3.71. The summed E-state index contributed by atoms with van der Waals surface area (Å²) in [5.41, 5.74) is 0. The van der Waals surface area contributed by atoms with Crippen molar-refractivity contribution in [2.24, 2.45) is 0 Å². The van der Waals surface area contributed by atoms with Crippen molar-refractivity contribution in [2.75, 3.05) is 6.54 Å². The van der Waals surface area contributed by atoms with Crippen LogP contribution in [0.15, 0.2) is 30.2 Å². The molecule has 1 N–H and O–H groups in total. The topological polar surface area (TPSA) is 12.0 Å². The summed E-state index contributed by atoms with van der Waals surface area (Å²) in [6, 6.07) is 4.92. The van der Waals surface area contributed by atoms with Crippen LogP contribution in [0.3, 0.4) is 0 Å². The molecule has 0 saturated carbocycles. The summed E-state index contributed by atoms with van der Waals surface area (Å²) in [4.78, 5) is 1.47. The second-order valence-electron chi connectivity index (χ2n) is 4.09. The lowest BCUT2D eigenvalue weighted by Crippen LogP contribution is -2.29. The number of hydrogen-bond acceptors (Lipinski definition) is 2. The van der Waals surface area contributed by atoms with Crippen molar-refractivity contribution in [2.45, 2.75) is 38.6 Å². The summed E-state index contributed by atoms with van der Waals surface area (Å²) in [7, 11) is 0. The van der Waals surface area contributed by atoms with Crippen LogP contribution in [0.1, 0.15) is 37.5 Å². The monoisotopic (exact) mass is 223 g/mol. The van der Waals surface area contributed by atoms with E-state index in [1.54, 1.807) is 0 Å². The molecule has 2 heteroatoms. The van der Waals surface area contributed by atoms with E-state index in [4.69, 9.17) is 0 Å². The zero-order chi connectivity index (χ0) is 11.1. The van der Waals surface area contributed by atoms with Gasteiger partial charge in [-0.2, -0.15) is 0 Å². The van der Waals surface area contributed by atoms with E-state index in [1.807, 2.05) is 17.4 Å². The van der Waals surface area contributed by atoms with Crippen LogP contribution in [0.4, 0.5) is 0 Å². The summed E-state index contributed by atoms with van der Waals surface area (Å²) in [6.07, 6.45) is 4.27. The second kappa shape index (κ2) is 6.81. The maximum absolute atomic E-state index is 3.74. The first-order valence-corrected chi connectivity index (χ1v) is 6.49. The maximum atomic E-state index is 3.74. The van der Waals surface area contributed by atoms with Gasteiger partial charge in [-0.05, 0) is 31.2 Å². The highest BCUT2D eigenvalue weighted by atomic mass is 32.1. The molecule has 1 nitrogen and oxygen atoms in total. The summed E-state index contributed by atoms with van der Waals surface area (Å²) in [5.74, 6) is 0.621. The highest BCUT2D eigenvalue weighted by molar-refractivity contribution is 7.10. The predicted octanol–water partition coefficient (Wildman–Crippen LogP) is 3.80. The van der Waals surface area contributed by atoms with E-state index in [0.29, 0.717) is 12.0 Å². The lowest BCUT2D eigenvalue weighted by Gasteiger charge is -2.16. The standard InChI is InChI=1S/C13H21NS/c1-4-5-7-12(3)14-10-11(2)13-8-6-9-15-13/h4,6,8-9,11-12,14H,1,5,7,10H2,2-3H3. The largest absolute Gasteiger partial charge is 0.314 e. The van der Waals surface area contributed by atoms with Crippen LogP contribution < -0.4 is 5.32 Å². The van der Waals surface area contributed by atoms with Crippen LogP contribution in [0.5, 0.6) is 0 Å². The molecular weight excluding hydrogens is 202 g/mol. The summed E-state index contributed by atoms with van der Waals surface area (Å²) >= 11 is 1.84. The van der Waals surface area contributed by atoms with Gasteiger partial charge >= 0.3 is 0 Å². The van der Waals surface area contributed by atoms with Crippen molar-refractivity contribution in [3.63, 3.8) is 0 Å². The first-order chi connectivity index (χ1) is 7.24. The van der Waals surface area contributed by atoms with Crippen molar-refractivity contribution in [1.82, 2.24) is 5.32 Å². The first-order valence-electron chi connectivity index (χ1n) is 5.61. The van der Waals surface area contributed by atoms with Crippen LogP contribution in [-0.2, 0) is 0 Å². The van der Waals surface area contributed by atoms with E-state index in [9.17, 15) is 0 Å². The van der Waals surface area contributed by atoms with Gasteiger partial charge in [-0.1, -0.05) is 19.1 Å². The molecule has 0 aromatic carbocycles. The molecule has 0 amide bonds. The van der Waals surface area contributed by atoms with Gasteiger partial charge in [-0.3, -0.25) is 0 Å². The fourth-order valence-corrected chi connectivity index (χ4v) is 2.31. The first kappa shape index (κ1) is 12.5. The third-order valence-electron chi connectivity index (χ3n) is 2.61. The normalized spacial score (nSPS) is 14.8. The quantitative estimate of drug-likeness (QED) is 0.693. The van der Waals surface area contributed by atoms with Gasteiger partial charge in [0.1, 0.15) is 0 Å². The Morgan fingerprint density at radius 1 is 1.53 bits per heavy atom. The van der Waals surface area contributed by atoms with Gasteiger partial charge in [-0.15, -0.1) is 17.9 Å². The summed E-state index contributed by atoms with van der Waals surface area (Å²) in [6.45, 7) is 9.33. The summed E-state index contributed by atoms with van der Waals surface area (Å²) in [5, 5.41) is 5.71. The van der Waals surface area contributed by atoms with Gasteiger partial charge in [0.15, 0.2) is 0 Å². The molecular formula is C13H21NS. The zero-order valence-corrected chi connectivity index (χ0v) is 10.5.